The predicted octanol–water partition coefficient (Wildman–Crippen LogP) is 2.86. The SMILES string of the molecule is CCNC(c1cnsn1)c1ccc(C)c(C)c1OC. The molecule has 0 amide bonds. The minimum Gasteiger partial charge on any atom is -0.496 e. The molecule has 1 unspecified atom stereocenters. The van der Waals surface area contributed by atoms with Crippen molar-refractivity contribution in [3.63, 3.8) is 0 Å². The number of nitrogens with zero attached hydrogens (tertiary/aromatic N) is 2. The Labute approximate surface area is 118 Å². The van der Waals surface area contributed by atoms with Gasteiger partial charge in [0, 0.05) is 5.56 Å². The molecule has 1 heterocycles. The highest BCUT2D eigenvalue weighted by Gasteiger charge is 2.21. The largest absolute Gasteiger partial charge is 0.496 e. The Hall–Kier alpha value is -1.46. The van der Waals surface area contributed by atoms with Crippen LogP contribution in [0.1, 0.15) is 35.3 Å². The lowest BCUT2D eigenvalue weighted by Gasteiger charge is -2.21. The van der Waals surface area contributed by atoms with Gasteiger partial charge in [0.05, 0.1) is 36.8 Å². The number of methoxy groups -OCH3 is 1. The minimum absolute atomic E-state index is 0.0259. The lowest BCUT2D eigenvalue weighted by atomic mass is 9.97. The van der Waals surface area contributed by atoms with Crippen molar-refractivity contribution in [2.24, 2.45) is 0 Å². The molecule has 5 heteroatoms. The highest BCUT2D eigenvalue weighted by atomic mass is 32.1. The van der Waals surface area contributed by atoms with Crippen molar-refractivity contribution in [3.8, 4) is 5.75 Å². The maximum absolute atomic E-state index is 5.60. The molecule has 0 aliphatic carbocycles. The molecule has 2 rings (SSSR count). The summed E-state index contributed by atoms with van der Waals surface area (Å²) in [6.07, 6.45) is 1.81. The topological polar surface area (TPSA) is 47.0 Å². The first-order valence-corrected chi connectivity index (χ1v) is 7.07. The summed E-state index contributed by atoms with van der Waals surface area (Å²) in [4.78, 5) is 0. The van der Waals surface area contributed by atoms with Crippen LogP contribution in [0.3, 0.4) is 0 Å². The van der Waals surface area contributed by atoms with E-state index in [9.17, 15) is 0 Å². The molecule has 0 saturated carbocycles. The molecule has 0 spiro atoms. The van der Waals surface area contributed by atoms with Gasteiger partial charge in [-0.1, -0.05) is 19.1 Å². The van der Waals surface area contributed by atoms with Gasteiger partial charge in [0.15, 0.2) is 0 Å². The Morgan fingerprint density at radius 1 is 1.37 bits per heavy atom. The van der Waals surface area contributed by atoms with Crippen LogP contribution in [0.2, 0.25) is 0 Å². The molecule has 2 aromatic rings. The van der Waals surface area contributed by atoms with E-state index in [4.69, 9.17) is 4.74 Å². The maximum atomic E-state index is 5.60. The third-order valence-electron chi connectivity index (χ3n) is 3.30. The Bertz CT molecular complexity index is 540. The van der Waals surface area contributed by atoms with Gasteiger partial charge in [-0.15, -0.1) is 0 Å². The molecular formula is C14H19N3OS. The second-order valence-corrected chi connectivity index (χ2v) is 5.01. The van der Waals surface area contributed by atoms with Gasteiger partial charge in [-0.25, -0.2) is 0 Å². The van der Waals surface area contributed by atoms with E-state index in [0.717, 1.165) is 23.6 Å². The Balaban J connectivity index is 2.51. The molecule has 0 bridgehead atoms. The summed E-state index contributed by atoms with van der Waals surface area (Å²) >= 11 is 1.23. The first kappa shape index (κ1) is 14.0. The fourth-order valence-corrected chi connectivity index (χ4v) is 2.64. The van der Waals surface area contributed by atoms with E-state index in [1.807, 2.05) is 6.20 Å². The van der Waals surface area contributed by atoms with Crippen molar-refractivity contribution in [2.45, 2.75) is 26.8 Å². The van der Waals surface area contributed by atoms with Crippen LogP contribution >= 0.6 is 11.7 Å². The van der Waals surface area contributed by atoms with Crippen molar-refractivity contribution in [2.75, 3.05) is 13.7 Å². The summed E-state index contributed by atoms with van der Waals surface area (Å²) in [5.74, 6) is 0.930. The van der Waals surface area contributed by atoms with Crippen LogP contribution in [0.5, 0.6) is 5.75 Å². The third-order valence-corrected chi connectivity index (χ3v) is 3.80. The van der Waals surface area contributed by atoms with Crippen molar-refractivity contribution >= 4 is 11.7 Å². The number of aryl methyl sites for hydroxylation is 1. The summed E-state index contributed by atoms with van der Waals surface area (Å²) in [5.41, 5.74) is 4.45. The zero-order chi connectivity index (χ0) is 13.8. The summed E-state index contributed by atoms with van der Waals surface area (Å²) in [5, 5.41) is 3.45. The number of nitrogens with one attached hydrogen (secondary N) is 1. The van der Waals surface area contributed by atoms with E-state index < -0.39 is 0 Å². The van der Waals surface area contributed by atoms with E-state index in [1.54, 1.807) is 7.11 Å². The smallest absolute Gasteiger partial charge is 0.127 e. The maximum Gasteiger partial charge on any atom is 0.127 e. The molecule has 102 valence electrons. The van der Waals surface area contributed by atoms with E-state index in [0.29, 0.717) is 0 Å². The fourth-order valence-electron chi connectivity index (χ4n) is 2.19. The van der Waals surface area contributed by atoms with Crippen molar-refractivity contribution in [1.82, 2.24) is 14.1 Å². The van der Waals surface area contributed by atoms with Gasteiger partial charge in [-0.2, -0.15) is 8.75 Å². The molecule has 1 aromatic heterocycles. The van der Waals surface area contributed by atoms with E-state index >= 15 is 0 Å². The van der Waals surface area contributed by atoms with Gasteiger partial charge in [0.1, 0.15) is 5.75 Å². The molecular weight excluding hydrogens is 258 g/mol. The number of aromatic nitrogens is 2. The van der Waals surface area contributed by atoms with Crippen molar-refractivity contribution < 1.29 is 4.74 Å². The fraction of sp³-hybridized carbons (Fsp3) is 0.429. The first-order valence-electron chi connectivity index (χ1n) is 6.34. The molecule has 0 radical (unpaired) electrons. The average Bonchev–Trinajstić information content (AvgIpc) is 2.93. The molecule has 4 nitrogen and oxygen atoms in total. The molecule has 1 N–H and O–H groups in total. The van der Waals surface area contributed by atoms with Crippen LogP contribution in [-0.4, -0.2) is 22.4 Å². The van der Waals surface area contributed by atoms with Gasteiger partial charge in [-0.3, -0.25) is 0 Å². The number of hydrogen-bond acceptors (Lipinski definition) is 5. The van der Waals surface area contributed by atoms with Crippen LogP contribution in [0.15, 0.2) is 18.3 Å². The van der Waals surface area contributed by atoms with E-state index in [2.05, 4.69) is 47.0 Å². The normalized spacial score (nSPS) is 12.4. The molecule has 1 aromatic carbocycles. The van der Waals surface area contributed by atoms with Crippen molar-refractivity contribution in [1.29, 1.82) is 0 Å². The van der Waals surface area contributed by atoms with Crippen LogP contribution < -0.4 is 10.1 Å². The number of rotatable bonds is 5. The quantitative estimate of drug-likeness (QED) is 0.913. The Morgan fingerprint density at radius 2 is 2.16 bits per heavy atom. The standard InChI is InChI=1S/C14H19N3OS/c1-5-15-13(12-8-16-19-17-12)11-7-6-9(2)10(3)14(11)18-4/h6-8,13,15H,5H2,1-4H3. The molecule has 0 fully saturated rings. The molecule has 0 saturated heterocycles. The monoisotopic (exact) mass is 277 g/mol. The van der Waals surface area contributed by atoms with Gasteiger partial charge in [-0.05, 0) is 31.5 Å². The Kier molecular flexibility index (Phi) is 4.50. The highest BCUT2D eigenvalue weighted by molar-refractivity contribution is 6.99. The Morgan fingerprint density at radius 3 is 2.74 bits per heavy atom. The molecule has 0 aliphatic heterocycles. The average molecular weight is 277 g/mol. The van der Waals surface area contributed by atoms with Crippen LogP contribution in [0.25, 0.3) is 0 Å². The first-order chi connectivity index (χ1) is 9.19. The second-order valence-electron chi connectivity index (χ2n) is 4.45. The lowest BCUT2D eigenvalue weighted by molar-refractivity contribution is 0.400. The zero-order valence-corrected chi connectivity index (χ0v) is 12.5. The third kappa shape index (κ3) is 2.77. The van der Waals surface area contributed by atoms with Gasteiger partial charge in [0.25, 0.3) is 0 Å². The van der Waals surface area contributed by atoms with E-state index in [-0.39, 0.29) is 6.04 Å². The summed E-state index contributed by atoms with van der Waals surface area (Å²) in [6, 6.07) is 4.25. The van der Waals surface area contributed by atoms with Gasteiger partial charge in [0.2, 0.25) is 0 Å². The number of benzene rings is 1. The number of ether oxygens (including phenoxy) is 1. The summed E-state index contributed by atoms with van der Waals surface area (Å²) in [6.45, 7) is 7.12. The highest BCUT2D eigenvalue weighted by Crippen LogP contribution is 2.33. The molecule has 0 aliphatic rings. The zero-order valence-electron chi connectivity index (χ0n) is 11.7. The van der Waals surface area contributed by atoms with Crippen LogP contribution in [-0.2, 0) is 0 Å². The predicted molar refractivity (Wildman–Crippen MR) is 77.9 cm³/mol. The van der Waals surface area contributed by atoms with Crippen LogP contribution in [0.4, 0.5) is 0 Å². The van der Waals surface area contributed by atoms with Gasteiger partial charge < -0.3 is 10.1 Å². The second kappa shape index (κ2) is 6.12. The van der Waals surface area contributed by atoms with Gasteiger partial charge >= 0.3 is 0 Å². The minimum atomic E-state index is 0.0259. The molecule has 19 heavy (non-hydrogen) atoms. The summed E-state index contributed by atoms with van der Waals surface area (Å²) < 4.78 is 14.0. The lowest BCUT2D eigenvalue weighted by Crippen LogP contribution is -2.23. The van der Waals surface area contributed by atoms with Crippen molar-refractivity contribution in [3.05, 3.63) is 40.7 Å². The summed E-state index contributed by atoms with van der Waals surface area (Å²) in [7, 11) is 1.72. The molecule has 1 atom stereocenters. The number of hydrogen-bond donors (Lipinski definition) is 1. The van der Waals surface area contributed by atoms with Crippen LogP contribution in [0, 0.1) is 13.8 Å². The van der Waals surface area contributed by atoms with E-state index in [1.165, 1.54) is 22.9 Å².